The van der Waals surface area contributed by atoms with E-state index in [1.807, 2.05) is 6.92 Å². The molecule has 1 rings (SSSR count). The van der Waals surface area contributed by atoms with Gasteiger partial charge in [0, 0.05) is 14.1 Å². The molecule has 0 aliphatic carbocycles. The Bertz CT molecular complexity index is 820. The zero-order valence-corrected chi connectivity index (χ0v) is 16.8. The number of hydrogen-bond acceptors (Lipinski definition) is 6. The van der Waals surface area contributed by atoms with Gasteiger partial charge in [-0.2, -0.15) is 0 Å². The number of nitrogens with one attached hydrogen (secondary N) is 2. The van der Waals surface area contributed by atoms with E-state index in [2.05, 4.69) is 10.0 Å². The summed E-state index contributed by atoms with van der Waals surface area (Å²) >= 11 is 0. The Morgan fingerprint density at radius 2 is 1.74 bits per heavy atom. The van der Waals surface area contributed by atoms with Crippen LogP contribution in [0.4, 0.5) is 0 Å². The van der Waals surface area contributed by atoms with Crippen LogP contribution in [0.3, 0.4) is 0 Å². The Kier molecular flexibility index (Phi) is 7.92. The van der Waals surface area contributed by atoms with E-state index in [4.69, 9.17) is 4.74 Å². The second kappa shape index (κ2) is 9.47. The van der Waals surface area contributed by atoms with Gasteiger partial charge in [-0.1, -0.05) is 6.07 Å². The highest BCUT2D eigenvalue weighted by Gasteiger charge is 2.20. The Morgan fingerprint density at radius 1 is 1.11 bits per heavy atom. The highest BCUT2D eigenvalue weighted by atomic mass is 32.2. The van der Waals surface area contributed by atoms with Gasteiger partial charge in [0.25, 0.3) is 5.91 Å². The summed E-state index contributed by atoms with van der Waals surface area (Å²) in [6.45, 7) is 4.05. The van der Waals surface area contributed by atoms with E-state index in [0.717, 1.165) is 11.1 Å². The van der Waals surface area contributed by atoms with Crippen molar-refractivity contribution in [2.45, 2.75) is 31.8 Å². The van der Waals surface area contributed by atoms with Crippen molar-refractivity contribution in [2.75, 3.05) is 27.2 Å². The summed E-state index contributed by atoms with van der Waals surface area (Å²) in [6, 6.07) is 4.63. The molecule has 0 spiro atoms. The van der Waals surface area contributed by atoms with E-state index < -0.39 is 47.0 Å². The summed E-state index contributed by atoms with van der Waals surface area (Å²) in [6.07, 6.45) is -0.979. The Hall–Kier alpha value is -2.46. The van der Waals surface area contributed by atoms with Crippen LogP contribution in [0.2, 0.25) is 0 Å². The van der Waals surface area contributed by atoms with Crippen LogP contribution < -0.4 is 10.0 Å². The molecule has 0 radical (unpaired) electrons. The SMILES string of the molecule is Cc1ccc(S(=O)(=O)NCC(=O)NCC(=O)O[C@@H](C)C(=O)N(C)C)cc1C. The van der Waals surface area contributed by atoms with Crippen LogP contribution >= 0.6 is 0 Å². The molecule has 0 bridgehead atoms. The molecule has 1 aromatic carbocycles. The quantitative estimate of drug-likeness (QED) is 0.580. The van der Waals surface area contributed by atoms with Crippen molar-refractivity contribution >= 4 is 27.8 Å². The van der Waals surface area contributed by atoms with Crippen LogP contribution in [-0.2, 0) is 29.1 Å². The number of esters is 1. The maximum Gasteiger partial charge on any atom is 0.326 e. The summed E-state index contributed by atoms with van der Waals surface area (Å²) in [4.78, 5) is 36.3. The zero-order valence-electron chi connectivity index (χ0n) is 16.0. The molecule has 10 heteroatoms. The van der Waals surface area contributed by atoms with Crippen molar-refractivity contribution < 1.29 is 27.5 Å². The van der Waals surface area contributed by atoms with Crippen molar-refractivity contribution in [3.05, 3.63) is 29.3 Å². The van der Waals surface area contributed by atoms with Crippen LogP contribution in [0.25, 0.3) is 0 Å². The molecule has 0 aliphatic rings. The van der Waals surface area contributed by atoms with Crippen LogP contribution in [0.1, 0.15) is 18.1 Å². The van der Waals surface area contributed by atoms with E-state index >= 15 is 0 Å². The predicted octanol–water partition coefficient (Wildman–Crippen LogP) is -0.282. The first-order valence-electron chi connectivity index (χ1n) is 8.18. The third-order valence-corrected chi connectivity index (χ3v) is 5.14. The summed E-state index contributed by atoms with van der Waals surface area (Å²) in [5, 5.41) is 2.24. The fraction of sp³-hybridized carbons (Fsp3) is 0.471. The lowest BCUT2D eigenvalue weighted by Crippen LogP contribution is -2.41. The van der Waals surface area contributed by atoms with Gasteiger partial charge in [0.1, 0.15) is 6.54 Å². The minimum Gasteiger partial charge on any atom is -0.451 e. The Morgan fingerprint density at radius 3 is 2.30 bits per heavy atom. The van der Waals surface area contributed by atoms with Gasteiger partial charge in [-0.3, -0.25) is 14.4 Å². The van der Waals surface area contributed by atoms with Gasteiger partial charge in [-0.05, 0) is 44.0 Å². The second-order valence-electron chi connectivity index (χ2n) is 6.21. The molecule has 27 heavy (non-hydrogen) atoms. The number of aryl methyl sites for hydroxylation is 2. The first kappa shape index (κ1) is 22.6. The average Bonchev–Trinajstić information content (AvgIpc) is 2.59. The van der Waals surface area contributed by atoms with Gasteiger partial charge < -0.3 is 15.0 Å². The average molecular weight is 399 g/mol. The molecule has 0 aliphatic heterocycles. The summed E-state index contributed by atoms with van der Waals surface area (Å²) in [7, 11) is -0.802. The molecule has 2 amide bonds. The van der Waals surface area contributed by atoms with Crippen molar-refractivity contribution in [3.8, 4) is 0 Å². The fourth-order valence-corrected chi connectivity index (χ4v) is 3.08. The van der Waals surface area contributed by atoms with Gasteiger partial charge >= 0.3 is 5.97 Å². The number of amides is 2. The standard InChI is InChI=1S/C17H25N3O6S/c1-11-6-7-14(8-12(11)2)27(24,25)19-9-15(21)18-10-16(22)26-13(3)17(23)20(4)5/h6-8,13,19H,9-10H2,1-5H3,(H,18,21)/t13-/m0/s1. The molecule has 9 nitrogen and oxygen atoms in total. The topological polar surface area (TPSA) is 122 Å². The molecule has 0 aromatic heterocycles. The first-order chi connectivity index (χ1) is 12.4. The molecule has 1 aromatic rings. The minimum atomic E-state index is -3.85. The zero-order chi connectivity index (χ0) is 20.8. The molecule has 1 atom stereocenters. The monoisotopic (exact) mass is 399 g/mol. The van der Waals surface area contributed by atoms with Gasteiger partial charge in [0.2, 0.25) is 15.9 Å². The van der Waals surface area contributed by atoms with Crippen molar-refractivity contribution in [3.63, 3.8) is 0 Å². The van der Waals surface area contributed by atoms with E-state index in [-0.39, 0.29) is 4.90 Å². The number of sulfonamides is 1. The highest BCUT2D eigenvalue weighted by molar-refractivity contribution is 7.89. The second-order valence-corrected chi connectivity index (χ2v) is 7.98. The van der Waals surface area contributed by atoms with Crippen LogP contribution in [0.5, 0.6) is 0 Å². The molecule has 0 unspecified atom stereocenters. The van der Waals surface area contributed by atoms with Gasteiger partial charge in [-0.25, -0.2) is 13.1 Å². The molecule has 0 heterocycles. The van der Waals surface area contributed by atoms with E-state index in [1.54, 1.807) is 13.0 Å². The molecule has 2 N–H and O–H groups in total. The number of carbonyl (C=O) groups excluding carboxylic acids is 3. The number of benzene rings is 1. The first-order valence-corrected chi connectivity index (χ1v) is 9.66. The Labute approximate surface area is 159 Å². The van der Waals surface area contributed by atoms with E-state index in [0.29, 0.717) is 0 Å². The molecule has 0 saturated heterocycles. The molecule has 0 fully saturated rings. The summed E-state index contributed by atoms with van der Waals surface area (Å²) in [5.74, 6) is -1.90. The highest BCUT2D eigenvalue weighted by Crippen LogP contribution is 2.14. The number of nitrogens with zero attached hydrogens (tertiary/aromatic N) is 1. The maximum absolute atomic E-state index is 12.2. The fourth-order valence-electron chi connectivity index (χ4n) is 2.01. The number of hydrogen-bond donors (Lipinski definition) is 2. The predicted molar refractivity (Wildman–Crippen MR) is 98.4 cm³/mol. The van der Waals surface area contributed by atoms with E-state index in [1.165, 1.54) is 38.1 Å². The normalized spacial score (nSPS) is 12.2. The Balaban J connectivity index is 2.49. The number of carbonyl (C=O) groups is 3. The lowest BCUT2D eigenvalue weighted by Gasteiger charge is -2.17. The van der Waals surface area contributed by atoms with Gasteiger partial charge in [0.15, 0.2) is 6.10 Å². The number of rotatable bonds is 8. The van der Waals surface area contributed by atoms with Crippen LogP contribution in [0.15, 0.2) is 23.1 Å². The smallest absolute Gasteiger partial charge is 0.326 e. The molecule has 0 saturated carbocycles. The molecular formula is C17H25N3O6S. The largest absolute Gasteiger partial charge is 0.451 e. The van der Waals surface area contributed by atoms with Crippen molar-refractivity contribution in [1.29, 1.82) is 0 Å². The summed E-state index contributed by atoms with van der Waals surface area (Å²) in [5.41, 5.74) is 1.76. The van der Waals surface area contributed by atoms with Crippen molar-refractivity contribution in [2.24, 2.45) is 0 Å². The van der Waals surface area contributed by atoms with Crippen molar-refractivity contribution in [1.82, 2.24) is 14.9 Å². The number of likely N-dealkylation sites (N-methyl/N-ethyl adjacent to an activating group) is 1. The lowest BCUT2D eigenvalue weighted by atomic mass is 10.1. The van der Waals surface area contributed by atoms with Crippen LogP contribution in [0, 0.1) is 13.8 Å². The minimum absolute atomic E-state index is 0.0498. The van der Waals surface area contributed by atoms with Crippen LogP contribution in [-0.4, -0.2) is 64.4 Å². The number of ether oxygens (including phenoxy) is 1. The van der Waals surface area contributed by atoms with E-state index in [9.17, 15) is 22.8 Å². The summed E-state index contributed by atoms with van der Waals surface area (Å²) < 4.78 is 31.4. The van der Waals surface area contributed by atoms with Gasteiger partial charge in [0.05, 0.1) is 11.4 Å². The maximum atomic E-state index is 12.2. The lowest BCUT2D eigenvalue weighted by molar-refractivity contribution is -0.157. The van der Waals surface area contributed by atoms with Gasteiger partial charge in [-0.15, -0.1) is 0 Å². The molecule has 150 valence electrons. The molecular weight excluding hydrogens is 374 g/mol. The third-order valence-electron chi connectivity index (χ3n) is 3.74. The third kappa shape index (κ3) is 6.99.